The standard InChI is InChI=1S/C18H16N2O4S/c21-17(14-5-2-9-23-14)20-16-7-6-15(25-16)18(22)19-12-3-1-4-13-11(12)8-10-24-13/h2,5-10,12H,1,3-4H2,(H,19,22)(H,20,21). The minimum absolute atomic E-state index is 0.0294. The summed E-state index contributed by atoms with van der Waals surface area (Å²) in [6.07, 6.45) is 5.90. The quantitative estimate of drug-likeness (QED) is 0.740. The van der Waals surface area contributed by atoms with Gasteiger partial charge in [-0.25, -0.2) is 0 Å². The molecular weight excluding hydrogens is 340 g/mol. The van der Waals surface area contributed by atoms with E-state index in [4.69, 9.17) is 8.83 Å². The minimum Gasteiger partial charge on any atom is -0.469 e. The molecule has 3 aromatic rings. The molecule has 0 radical (unpaired) electrons. The molecule has 3 aromatic heterocycles. The number of rotatable bonds is 4. The number of hydrogen-bond acceptors (Lipinski definition) is 5. The van der Waals surface area contributed by atoms with Gasteiger partial charge in [-0.3, -0.25) is 9.59 Å². The molecule has 6 nitrogen and oxygen atoms in total. The lowest BCUT2D eigenvalue weighted by Crippen LogP contribution is -2.29. The van der Waals surface area contributed by atoms with Crippen molar-refractivity contribution in [2.75, 3.05) is 5.32 Å². The van der Waals surface area contributed by atoms with Gasteiger partial charge in [0.15, 0.2) is 5.76 Å². The van der Waals surface area contributed by atoms with Gasteiger partial charge in [0, 0.05) is 12.0 Å². The lowest BCUT2D eigenvalue weighted by molar-refractivity contribution is 0.0935. The normalized spacial score (nSPS) is 16.2. The Morgan fingerprint density at radius 3 is 2.84 bits per heavy atom. The van der Waals surface area contributed by atoms with Gasteiger partial charge in [-0.05, 0) is 43.2 Å². The third-order valence-electron chi connectivity index (χ3n) is 4.17. The van der Waals surface area contributed by atoms with E-state index in [0.29, 0.717) is 9.88 Å². The maximum atomic E-state index is 12.5. The number of carbonyl (C=O) groups is 2. The van der Waals surface area contributed by atoms with Gasteiger partial charge in [0.05, 0.1) is 28.4 Å². The van der Waals surface area contributed by atoms with Gasteiger partial charge < -0.3 is 19.5 Å². The van der Waals surface area contributed by atoms with Crippen LogP contribution in [-0.2, 0) is 6.42 Å². The van der Waals surface area contributed by atoms with Gasteiger partial charge in [0.1, 0.15) is 5.76 Å². The Bertz CT molecular complexity index is 894. The zero-order valence-electron chi connectivity index (χ0n) is 13.3. The molecule has 0 saturated carbocycles. The first-order valence-electron chi connectivity index (χ1n) is 8.02. The Kier molecular flexibility index (Phi) is 4.15. The van der Waals surface area contributed by atoms with Crippen LogP contribution >= 0.6 is 11.3 Å². The Balaban J connectivity index is 1.42. The van der Waals surface area contributed by atoms with Crippen LogP contribution in [0.4, 0.5) is 5.00 Å². The molecule has 0 aromatic carbocycles. The average Bonchev–Trinajstić information content (AvgIpc) is 3.36. The van der Waals surface area contributed by atoms with Crippen LogP contribution in [0.3, 0.4) is 0 Å². The van der Waals surface area contributed by atoms with Gasteiger partial charge >= 0.3 is 0 Å². The van der Waals surface area contributed by atoms with Crippen LogP contribution in [0.5, 0.6) is 0 Å². The van der Waals surface area contributed by atoms with E-state index >= 15 is 0 Å². The zero-order chi connectivity index (χ0) is 17.2. The molecule has 1 unspecified atom stereocenters. The average molecular weight is 356 g/mol. The van der Waals surface area contributed by atoms with Crippen molar-refractivity contribution in [2.24, 2.45) is 0 Å². The lowest BCUT2D eigenvalue weighted by atomic mass is 9.93. The molecule has 1 aliphatic rings. The van der Waals surface area contributed by atoms with E-state index in [1.807, 2.05) is 6.07 Å². The van der Waals surface area contributed by atoms with E-state index in [9.17, 15) is 9.59 Å². The molecule has 2 N–H and O–H groups in total. The molecule has 7 heteroatoms. The molecule has 0 bridgehead atoms. The third kappa shape index (κ3) is 3.23. The largest absolute Gasteiger partial charge is 0.469 e. The summed E-state index contributed by atoms with van der Waals surface area (Å²) in [5.41, 5.74) is 1.06. The van der Waals surface area contributed by atoms with Gasteiger partial charge in [-0.2, -0.15) is 0 Å². The van der Waals surface area contributed by atoms with Crippen molar-refractivity contribution >= 4 is 28.2 Å². The van der Waals surface area contributed by atoms with Crippen LogP contribution in [0.25, 0.3) is 0 Å². The third-order valence-corrected chi connectivity index (χ3v) is 5.17. The van der Waals surface area contributed by atoms with Gasteiger partial charge in [-0.15, -0.1) is 11.3 Å². The van der Waals surface area contributed by atoms with Crippen LogP contribution in [-0.4, -0.2) is 11.8 Å². The molecule has 128 valence electrons. The fourth-order valence-corrected chi connectivity index (χ4v) is 3.78. The van der Waals surface area contributed by atoms with E-state index in [1.165, 1.54) is 17.6 Å². The monoisotopic (exact) mass is 356 g/mol. The molecule has 3 heterocycles. The van der Waals surface area contributed by atoms with Crippen molar-refractivity contribution in [3.63, 3.8) is 0 Å². The predicted molar refractivity (Wildman–Crippen MR) is 92.8 cm³/mol. The summed E-state index contributed by atoms with van der Waals surface area (Å²) in [7, 11) is 0. The number of hydrogen-bond donors (Lipinski definition) is 2. The summed E-state index contributed by atoms with van der Waals surface area (Å²) in [5, 5.41) is 6.37. The summed E-state index contributed by atoms with van der Waals surface area (Å²) >= 11 is 1.23. The van der Waals surface area contributed by atoms with E-state index in [0.717, 1.165) is 30.6 Å². The van der Waals surface area contributed by atoms with Gasteiger partial charge in [0.25, 0.3) is 11.8 Å². The molecular formula is C18H16N2O4S. The van der Waals surface area contributed by atoms with E-state index in [2.05, 4.69) is 10.6 Å². The number of nitrogens with one attached hydrogen (secondary N) is 2. The fourth-order valence-electron chi connectivity index (χ4n) is 2.97. The maximum Gasteiger partial charge on any atom is 0.291 e. The van der Waals surface area contributed by atoms with Gasteiger partial charge in [-0.1, -0.05) is 0 Å². The highest BCUT2D eigenvalue weighted by Gasteiger charge is 2.25. The van der Waals surface area contributed by atoms with Crippen molar-refractivity contribution in [2.45, 2.75) is 25.3 Å². The molecule has 0 fully saturated rings. The Labute approximate surface area is 147 Å². The van der Waals surface area contributed by atoms with Crippen LogP contribution < -0.4 is 10.6 Å². The Morgan fingerprint density at radius 1 is 1.08 bits per heavy atom. The molecule has 0 aliphatic heterocycles. The lowest BCUT2D eigenvalue weighted by Gasteiger charge is -2.22. The molecule has 1 atom stereocenters. The highest BCUT2D eigenvalue weighted by Crippen LogP contribution is 2.31. The number of aryl methyl sites for hydroxylation is 1. The number of amides is 2. The summed E-state index contributed by atoms with van der Waals surface area (Å²) < 4.78 is 10.5. The summed E-state index contributed by atoms with van der Waals surface area (Å²) in [4.78, 5) is 25.0. The van der Waals surface area contributed by atoms with Crippen molar-refractivity contribution in [1.29, 1.82) is 0 Å². The number of fused-ring (bicyclic) bond motifs is 1. The second kappa shape index (κ2) is 6.60. The van der Waals surface area contributed by atoms with Crippen LogP contribution in [0.15, 0.2) is 51.7 Å². The summed E-state index contributed by atoms with van der Waals surface area (Å²) in [6.45, 7) is 0. The number of furan rings is 2. The highest BCUT2D eigenvalue weighted by molar-refractivity contribution is 7.18. The van der Waals surface area contributed by atoms with Crippen LogP contribution in [0, 0.1) is 0 Å². The van der Waals surface area contributed by atoms with E-state index < -0.39 is 0 Å². The molecule has 25 heavy (non-hydrogen) atoms. The summed E-state index contributed by atoms with van der Waals surface area (Å²) in [5.74, 6) is 0.694. The fraction of sp³-hybridized carbons (Fsp3) is 0.222. The maximum absolute atomic E-state index is 12.5. The first-order chi connectivity index (χ1) is 12.2. The second-order valence-corrected chi connectivity index (χ2v) is 6.90. The molecule has 4 rings (SSSR count). The highest BCUT2D eigenvalue weighted by atomic mass is 32.1. The van der Waals surface area contributed by atoms with Crippen LogP contribution in [0.1, 0.15) is 50.4 Å². The predicted octanol–water partition coefficient (Wildman–Crippen LogP) is 3.99. The minimum atomic E-state index is -0.339. The molecule has 0 spiro atoms. The Morgan fingerprint density at radius 2 is 2.00 bits per heavy atom. The van der Waals surface area contributed by atoms with Crippen molar-refractivity contribution < 1.29 is 18.4 Å². The number of anilines is 1. The molecule has 1 aliphatic carbocycles. The van der Waals surface area contributed by atoms with Crippen molar-refractivity contribution in [1.82, 2.24) is 5.32 Å². The summed E-state index contributed by atoms with van der Waals surface area (Å²) in [6, 6.07) is 8.54. The van der Waals surface area contributed by atoms with Gasteiger partial charge in [0.2, 0.25) is 0 Å². The Hall–Kier alpha value is -2.80. The van der Waals surface area contributed by atoms with Crippen molar-refractivity contribution in [3.8, 4) is 0 Å². The second-order valence-electron chi connectivity index (χ2n) is 5.81. The number of carbonyl (C=O) groups excluding carboxylic acids is 2. The number of thiophene rings is 1. The first kappa shape index (κ1) is 15.7. The smallest absolute Gasteiger partial charge is 0.291 e. The van der Waals surface area contributed by atoms with Crippen LogP contribution in [0.2, 0.25) is 0 Å². The zero-order valence-corrected chi connectivity index (χ0v) is 14.1. The van der Waals surface area contributed by atoms with E-state index in [-0.39, 0.29) is 23.6 Å². The molecule has 0 saturated heterocycles. The first-order valence-corrected chi connectivity index (χ1v) is 8.84. The molecule has 2 amide bonds. The topological polar surface area (TPSA) is 84.5 Å². The SMILES string of the molecule is O=C(Nc1ccc(C(=O)NC2CCCc3occc32)s1)c1ccco1. The van der Waals surface area contributed by atoms with E-state index in [1.54, 1.807) is 30.5 Å². The van der Waals surface area contributed by atoms with Crippen molar-refractivity contribution in [3.05, 3.63) is 64.8 Å².